The quantitative estimate of drug-likeness (QED) is 0.897. The Kier molecular flexibility index (Phi) is 4.56. The van der Waals surface area contributed by atoms with E-state index in [-0.39, 0.29) is 5.56 Å². The molecule has 0 amide bonds. The van der Waals surface area contributed by atoms with Gasteiger partial charge in [0.2, 0.25) is 0 Å². The topological polar surface area (TPSA) is 46.5 Å². The molecule has 0 spiro atoms. The molecule has 0 aromatic heterocycles. The van der Waals surface area contributed by atoms with Crippen LogP contribution < -0.4 is 4.74 Å². The fourth-order valence-corrected chi connectivity index (χ4v) is 1.89. The minimum atomic E-state index is -0.937. The maximum absolute atomic E-state index is 11.0. The van der Waals surface area contributed by atoms with Gasteiger partial charge in [0.1, 0.15) is 12.4 Å². The van der Waals surface area contributed by atoms with Gasteiger partial charge in [0, 0.05) is 5.56 Å². The number of carbonyl (C=O) groups is 1. The first-order valence-corrected chi connectivity index (χ1v) is 6.36. The van der Waals surface area contributed by atoms with E-state index in [0.717, 1.165) is 5.56 Å². The van der Waals surface area contributed by atoms with Crippen LogP contribution in [-0.2, 0) is 0 Å². The van der Waals surface area contributed by atoms with Crippen LogP contribution in [-0.4, -0.2) is 17.7 Å². The maximum Gasteiger partial charge on any atom is 0.336 e. The summed E-state index contributed by atoms with van der Waals surface area (Å²) >= 11 is 0. The molecule has 2 aromatic rings. The van der Waals surface area contributed by atoms with Gasteiger partial charge >= 0.3 is 5.97 Å². The minimum Gasteiger partial charge on any atom is -0.489 e. The lowest BCUT2D eigenvalue weighted by atomic mass is 10.1. The van der Waals surface area contributed by atoms with Crippen molar-refractivity contribution in [3.8, 4) is 5.75 Å². The molecule has 2 rings (SSSR count). The van der Waals surface area contributed by atoms with Crippen LogP contribution in [0.2, 0.25) is 0 Å². The molecule has 0 atom stereocenters. The molecule has 0 heterocycles. The third-order valence-corrected chi connectivity index (χ3v) is 2.96. The Labute approximate surface area is 118 Å². The van der Waals surface area contributed by atoms with E-state index in [4.69, 9.17) is 9.84 Å². The number of aromatic carboxylic acids is 1. The lowest BCUT2D eigenvalue weighted by Crippen LogP contribution is -2.03. The summed E-state index contributed by atoms with van der Waals surface area (Å²) in [6, 6.07) is 15.0. The summed E-state index contributed by atoms with van der Waals surface area (Å²) < 4.78 is 5.60. The van der Waals surface area contributed by atoms with E-state index in [1.54, 1.807) is 25.1 Å². The van der Waals surface area contributed by atoms with E-state index in [9.17, 15) is 4.79 Å². The van der Waals surface area contributed by atoms with Crippen molar-refractivity contribution in [2.24, 2.45) is 0 Å². The van der Waals surface area contributed by atoms with Crippen molar-refractivity contribution in [3.63, 3.8) is 0 Å². The van der Waals surface area contributed by atoms with E-state index in [2.05, 4.69) is 0 Å². The number of carboxylic acids is 1. The van der Waals surface area contributed by atoms with Crippen LogP contribution in [0.1, 0.15) is 21.5 Å². The normalized spacial score (nSPS) is 10.7. The highest BCUT2D eigenvalue weighted by Gasteiger charge is 2.10. The van der Waals surface area contributed by atoms with Crippen LogP contribution in [0, 0.1) is 6.92 Å². The molecule has 0 fully saturated rings. The van der Waals surface area contributed by atoms with Gasteiger partial charge in [-0.15, -0.1) is 0 Å². The summed E-state index contributed by atoms with van der Waals surface area (Å²) in [6.07, 6.45) is 3.87. The number of hydrogen-bond acceptors (Lipinski definition) is 2. The first kappa shape index (κ1) is 13.9. The molecule has 0 bridgehead atoms. The van der Waals surface area contributed by atoms with Gasteiger partial charge in [-0.25, -0.2) is 4.79 Å². The predicted octanol–water partition coefficient (Wildman–Crippen LogP) is 3.79. The average molecular weight is 268 g/mol. The molecule has 3 nitrogen and oxygen atoms in total. The van der Waals surface area contributed by atoms with E-state index in [1.165, 1.54) is 0 Å². The summed E-state index contributed by atoms with van der Waals surface area (Å²) in [5.41, 5.74) is 2.02. The molecule has 3 heteroatoms. The van der Waals surface area contributed by atoms with Gasteiger partial charge in [-0.2, -0.15) is 0 Å². The molecule has 0 saturated carbocycles. The van der Waals surface area contributed by atoms with Crippen molar-refractivity contribution in [1.29, 1.82) is 0 Å². The highest BCUT2D eigenvalue weighted by Crippen LogP contribution is 2.21. The minimum absolute atomic E-state index is 0.273. The zero-order valence-corrected chi connectivity index (χ0v) is 11.2. The standard InChI is InChI=1S/C17H16O3/c1-13-15(17(18)19)10-5-11-16(13)20-12-6-9-14-7-3-2-4-8-14/h2-11H,12H2,1H3,(H,18,19)/b9-6+. The van der Waals surface area contributed by atoms with Crippen molar-refractivity contribution >= 4 is 12.0 Å². The van der Waals surface area contributed by atoms with Crippen LogP contribution in [0.3, 0.4) is 0 Å². The molecule has 20 heavy (non-hydrogen) atoms. The average Bonchev–Trinajstić information content (AvgIpc) is 2.46. The number of carboxylic acid groups (broad SMARTS) is 1. The molecule has 2 aromatic carbocycles. The molecule has 0 aliphatic rings. The summed E-state index contributed by atoms with van der Waals surface area (Å²) in [6.45, 7) is 2.15. The van der Waals surface area contributed by atoms with E-state index < -0.39 is 5.97 Å². The smallest absolute Gasteiger partial charge is 0.336 e. The number of ether oxygens (including phenoxy) is 1. The van der Waals surface area contributed by atoms with Crippen LogP contribution in [0.15, 0.2) is 54.6 Å². The Hall–Kier alpha value is -2.55. The SMILES string of the molecule is Cc1c(OC/C=C/c2ccccc2)cccc1C(=O)O. The van der Waals surface area contributed by atoms with Gasteiger partial charge in [0.05, 0.1) is 5.56 Å². The number of benzene rings is 2. The highest BCUT2D eigenvalue weighted by molar-refractivity contribution is 5.90. The third kappa shape index (κ3) is 3.48. The predicted molar refractivity (Wildman–Crippen MR) is 79.1 cm³/mol. The second-order valence-electron chi connectivity index (χ2n) is 4.36. The lowest BCUT2D eigenvalue weighted by molar-refractivity contribution is 0.0695. The van der Waals surface area contributed by atoms with E-state index in [1.807, 2.05) is 42.5 Å². The zero-order chi connectivity index (χ0) is 14.4. The molecule has 0 aliphatic carbocycles. The van der Waals surface area contributed by atoms with E-state index >= 15 is 0 Å². The van der Waals surface area contributed by atoms with Crippen molar-refractivity contribution < 1.29 is 14.6 Å². The van der Waals surface area contributed by atoms with Crippen molar-refractivity contribution in [1.82, 2.24) is 0 Å². The highest BCUT2D eigenvalue weighted by atomic mass is 16.5. The van der Waals surface area contributed by atoms with Crippen molar-refractivity contribution in [3.05, 3.63) is 71.3 Å². The Morgan fingerprint density at radius 1 is 1.15 bits per heavy atom. The summed E-state index contributed by atoms with van der Waals surface area (Å²) in [5.74, 6) is -0.338. The summed E-state index contributed by atoms with van der Waals surface area (Å²) in [5, 5.41) is 9.04. The largest absolute Gasteiger partial charge is 0.489 e. The van der Waals surface area contributed by atoms with Gasteiger partial charge in [-0.3, -0.25) is 0 Å². The Morgan fingerprint density at radius 3 is 2.60 bits per heavy atom. The first-order chi connectivity index (χ1) is 9.68. The van der Waals surface area contributed by atoms with Crippen LogP contribution in [0.25, 0.3) is 6.08 Å². The van der Waals surface area contributed by atoms with Gasteiger partial charge in [-0.05, 0) is 30.7 Å². The van der Waals surface area contributed by atoms with Gasteiger partial charge < -0.3 is 9.84 Å². The Balaban J connectivity index is 2.00. The van der Waals surface area contributed by atoms with Crippen molar-refractivity contribution in [2.45, 2.75) is 6.92 Å². The van der Waals surface area contributed by atoms with E-state index in [0.29, 0.717) is 17.9 Å². The van der Waals surface area contributed by atoms with Crippen LogP contribution >= 0.6 is 0 Å². The number of rotatable bonds is 5. The fraction of sp³-hybridized carbons (Fsp3) is 0.118. The first-order valence-electron chi connectivity index (χ1n) is 6.36. The Morgan fingerprint density at radius 2 is 1.90 bits per heavy atom. The maximum atomic E-state index is 11.0. The monoisotopic (exact) mass is 268 g/mol. The van der Waals surface area contributed by atoms with Gasteiger partial charge in [-0.1, -0.05) is 42.5 Å². The second kappa shape index (κ2) is 6.57. The molecular formula is C17H16O3. The molecule has 0 saturated heterocycles. The fourth-order valence-electron chi connectivity index (χ4n) is 1.89. The van der Waals surface area contributed by atoms with Crippen LogP contribution in [0.5, 0.6) is 5.75 Å². The summed E-state index contributed by atoms with van der Waals surface area (Å²) in [7, 11) is 0. The van der Waals surface area contributed by atoms with Crippen LogP contribution in [0.4, 0.5) is 0 Å². The molecule has 0 unspecified atom stereocenters. The molecule has 0 aliphatic heterocycles. The molecular weight excluding hydrogens is 252 g/mol. The van der Waals surface area contributed by atoms with Crippen molar-refractivity contribution in [2.75, 3.05) is 6.61 Å². The second-order valence-corrected chi connectivity index (χ2v) is 4.36. The third-order valence-electron chi connectivity index (χ3n) is 2.96. The lowest BCUT2D eigenvalue weighted by Gasteiger charge is -2.09. The Bertz CT molecular complexity index is 615. The summed E-state index contributed by atoms with van der Waals surface area (Å²) in [4.78, 5) is 11.0. The van der Waals surface area contributed by atoms with Gasteiger partial charge in [0.25, 0.3) is 0 Å². The number of hydrogen-bond donors (Lipinski definition) is 1. The molecule has 102 valence electrons. The molecule has 0 radical (unpaired) electrons. The van der Waals surface area contributed by atoms with Gasteiger partial charge in [0.15, 0.2) is 0 Å². The molecule has 1 N–H and O–H groups in total. The zero-order valence-electron chi connectivity index (χ0n) is 11.2.